The van der Waals surface area contributed by atoms with Gasteiger partial charge in [0.15, 0.2) is 0 Å². The molecule has 2 unspecified atom stereocenters. The van der Waals surface area contributed by atoms with Gasteiger partial charge in [-0.3, -0.25) is 11.7 Å². The highest BCUT2D eigenvalue weighted by Crippen LogP contribution is 1.86. The minimum atomic E-state index is -0.427. The average Bonchev–Trinajstić information content (AvgIpc) is 1.84. The summed E-state index contributed by atoms with van der Waals surface area (Å²) in [6.07, 6.45) is -0.427. The van der Waals surface area contributed by atoms with Crippen LogP contribution in [0.25, 0.3) is 0 Å². The van der Waals surface area contributed by atoms with Gasteiger partial charge in [0.05, 0.1) is 11.5 Å². The van der Waals surface area contributed by atoms with Gasteiger partial charge in [0, 0.05) is 0 Å². The van der Waals surface area contributed by atoms with Gasteiger partial charge in [0.25, 0.3) is 0 Å². The maximum Gasteiger partial charge on any atom is 0.0936 e. The summed E-state index contributed by atoms with van der Waals surface area (Å²) in [4.78, 5) is 0. The van der Waals surface area contributed by atoms with Gasteiger partial charge in [-0.25, -0.2) is 10.9 Å². The Morgan fingerprint density at radius 1 is 1.25 bits per heavy atom. The molecule has 8 N–H and O–H groups in total. The molecule has 0 spiro atoms. The summed E-state index contributed by atoms with van der Waals surface area (Å²) in [7, 11) is 0. The van der Waals surface area contributed by atoms with Crippen LogP contribution in [0.1, 0.15) is 0 Å². The lowest BCUT2D eigenvalue weighted by Gasteiger charge is -2.15. The van der Waals surface area contributed by atoms with Crippen LogP contribution in [0.5, 0.6) is 0 Å². The first-order valence-corrected chi connectivity index (χ1v) is 2.60. The number of nitrogens with two attached hydrogens (primary N) is 3. The molecule has 0 aliphatic heterocycles. The maximum atomic E-state index is 5.27. The number of hydrogen-bond donors (Lipinski definition) is 6. The molecule has 0 heterocycles. The second kappa shape index (κ2) is 4.07. The van der Waals surface area contributed by atoms with Gasteiger partial charge >= 0.3 is 0 Å². The third kappa shape index (κ3) is 2.46. The molecule has 0 aromatic heterocycles. The third-order valence-corrected chi connectivity index (χ3v) is 1.17. The lowest BCUT2D eigenvalue weighted by Crippen LogP contribution is -2.55. The molecule has 0 radical (unpaired) electrons. The molecular formula is C2H11N5S. The Labute approximate surface area is 53.3 Å². The minimum absolute atomic E-state index is 0.319. The van der Waals surface area contributed by atoms with E-state index >= 15 is 0 Å². The predicted molar refractivity (Wildman–Crippen MR) is 35.4 cm³/mol. The number of hydrogen-bond acceptors (Lipinski definition) is 6. The molecule has 50 valence electrons. The zero-order valence-corrected chi connectivity index (χ0v) is 5.23. The highest BCUT2D eigenvalue weighted by atomic mass is 32.1. The standard InChI is InChI=1S/C2H11N5S/c3-1(6-4)2(8)7-5/h1-2,6-8H,3-5H2. The molecule has 0 aromatic carbocycles. The van der Waals surface area contributed by atoms with Crippen LogP contribution in [0.15, 0.2) is 0 Å². The van der Waals surface area contributed by atoms with E-state index in [1.165, 1.54) is 0 Å². The smallest absolute Gasteiger partial charge is 0.0936 e. The lowest BCUT2D eigenvalue weighted by molar-refractivity contribution is 0.479. The van der Waals surface area contributed by atoms with E-state index in [0.717, 1.165) is 0 Å². The fourth-order valence-electron chi connectivity index (χ4n) is 0.195. The van der Waals surface area contributed by atoms with E-state index in [1.807, 2.05) is 0 Å². The van der Waals surface area contributed by atoms with Crippen LogP contribution in [0, 0.1) is 0 Å². The van der Waals surface area contributed by atoms with Gasteiger partial charge in [-0.05, 0) is 0 Å². The van der Waals surface area contributed by atoms with Crippen molar-refractivity contribution in [3.63, 3.8) is 0 Å². The molecule has 2 atom stereocenters. The van der Waals surface area contributed by atoms with Gasteiger partial charge in [-0.2, -0.15) is 12.6 Å². The van der Waals surface area contributed by atoms with Gasteiger partial charge < -0.3 is 5.73 Å². The SMILES string of the molecule is NNC(N)C(S)NN. The predicted octanol–water partition coefficient (Wildman–Crippen LogP) is -2.55. The molecule has 0 aliphatic carbocycles. The third-order valence-electron chi connectivity index (χ3n) is 0.703. The van der Waals surface area contributed by atoms with Crippen molar-refractivity contribution in [1.82, 2.24) is 10.9 Å². The molecule has 0 aliphatic rings. The van der Waals surface area contributed by atoms with E-state index < -0.39 is 6.17 Å². The Morgan fingerprint density at radius 2 is 1.75 bits per heavy atom. The Hall–Kier alpha value is 0.150. The van der Waals surface area contributed by atoms with Crippen LogP contribution in [0.2, 0.25) is 0 Å². The van der Waals surface area contributed by atoms with Crippen molar-refractivity contribution < 1.29 is 0 Å². The molecule has 0 rings (SSSR count). The summed E-state index contributed by atoms with van der Waals surface area (Å²) >= 11 is 3.90. The maximum absolute atomic E-state index is 5.27. The molecule has 0 saturated carbocycles. The van der Waals surface area contributed by atoms with Crippen molar-refractivity contribution in [1.29, 1.82) is 0 Å². The van der Waals surface area contributed by atoms with Gasteiger partial charge in [0.1, 0.15) is 0 Å². The second-order valence-corrected chi connectivity index (χ2v) is 1.86. The Bertz CT molecular complexity index is 50.4. The largest absolute Gasteiger partial charge is 0.313 e. The zero-order chi connectivity index (χ0) is 6.57. The van der Waals surface area contributed by atoms with Crippen LogP contribution in [0.4, 0.5) is 0 Å². The fourth-order valence-corrected chi connectivity index (χ4v) is 0.281. The number of hydrazine groups is 2. The van der Waals surface area contributed by atoms with Crippen molar-refractivity contribution in [3.05, 3.63) is 0 Å². The normalized spacial score (nSPS) is 18.0. The second-order valence-electron chi connectivity index (χ2n) is 1.30. The lowest BCUT2D eigenvalue weighted by atomic mass is 10.5. The average molecular weight is 137 g/mol. The molecular weight excluding hydrogens is 126 g/mol. The summed E-state index contributed by atoms with van der Waals surface area (Å²) in [5.41, 5.74) is 9.86. The Balaban J connectivity index is 3.29. The molecule has 6 heteroatoms. The number of rotatable bonds is 3. The van der Waals surface area contributed by atoms with Crippen molar-refractivity contribution in [2.45, 2.75) is 11.5 Å². The van der Waals surface area contributed by atoms with Crippen molar-refractivity contribution in [3.8, 4) is 0 Å². The van der Waals surface area contributed by atoms with E-state index in [2.05, 4.69) is 23.5 Å². The summed E-state index contributed by atoms with van der Waals surface area (Å²) < 4.78 is 0. The summed E-state index contributed by atoms with van der Waals surface area (Å²) in [6.45, 7) is 0. The first-order chi connectivity index (χ1) is 3.72. The van der Waals surface area contributed by atoms with Crippen LogP contribution in [-0.2, 0) is 0 Å². The highest BCUT2D eigenvalue weighted by Gasteiger charge is 2.07. The zero-order valence-electron chi connectivity index (χ0n) is 4.33. The van der Waals surface area contributed by atoms with Crippen LogP contribution in [-0.4, -0.2) is 11.5 Å². The quantitative estimate of drug-likeness (QED) is 0.111. The molecule has 0 bridgehead atoms. The van der Waals surface area contributed by atoms with Crippen molar-refractivity contribution >= 4 is 12.6 Å². The first-order valence-electron chi connectivity index (χ1n) is 2.08. The molecule has 0 saturated heterocycles. The van der Waals surface area contributed by atoms with E-state index in [4.69, 9.17) is 17.4 Å². The summed E-state index contributed by atoms with van der Waals surface area (Å²) in [5.74, 6) is 9.88. The van der Waals surface area contributed by atoms with E-state index in [9.17, 15) is 0 Å². The first kappa shape index (κ1) is 8.15. The van der Waals surface area contributed by atoms with E-state index in [1.54, 1.807) is 0 Å². The summed E-state index contributed by atoms with van der Waals surface area (Å²) in [5, 5.41) is -0.319. The minimum Gasteiger partial charge on any atom is -0.313 e. The number of nitrogens with one attached hydrogen (secondary N) is 2. The highest BCUT2D eigenvalue weighted by molar-refractivity contribution is 7.80. The molecule has 0 amide bonds. The van der Waals surface area contributed by atoms with Crippen molar-refractivity contribution in [2.24, 2.45) is 17.4 Å². The van der Waals surface area contributed by atoms with E-state index in [-0.39, 0.29) is 5.37 Å². The van der Waals surface area contributed by atoms with Crippen LogP contribution >= 0.6 is 12.6 Å². The topological polar surface area (TPSA) is 102 Å². The van der Waals surface area contributed by atoms with E-state index in [0.29, 0.717) is 0 Å². The van der Waals surface area contributed by atoms with Gasteiger partial charge in [-0.1, -0.05) is 0 Å². The van der Waals surface area contributed by atoms with Crippen molar-refractivity contribution in [2.75, 3.05) is 0 Å². The Morgan fingerprint density at radius 3 is 1.88 bits per heavy atom. The van der Waals surface area contributed by atoms with Crippen LogP contribution < -0.4 is 28.3 Å². The molecule has 8 heavy (non-hydrogen) atoms. The Kier molecular flexibility index (Phi) is 4.15. The monoisotopic (exact) mass is 137 g/mol. The van der Waals surface area contributed by atoms with Crippen LogP contribution in [0.3, 0.4) is 0 Å². The van der Waals surface area contributed by atoms with Gasteiger partial charge in [-0.15, -0.1) is 0 Å². The molecule has 5 nitrogen and oxygen atoms in total. The molecule has 0 fully saturated rings. The fraction of sp³-hybridized carbons (Fsp3) is 1.00. The molecule has 0 aromatic rings. The number of thiol groups is 1. The van der Waals surface area contributed by atoms with Gasteiger partial charge in [0.2, 0.25) is 0 Å². The summed E-state index contributed by atoms with van der Waals surface area (Å²) in [6, 6.07) is 0.